The molecule has 1 aliphatic heterocycles. The van der Waals surface area contributed by atoms with E-state index in [9.17, 15) is 18.3 Å². The topological polar surface area (TPSA) is 74.7 Å². The molecule has 1 radical (unpaired) electrons. The van der Waals surface area contributed by atoms with Gasteiger partial charge in [0.05, 0.1) is 6.10 Å². The van der Waals surface area contributed by atoms with E-state index in [2.05, 4.69) is 6.92 Å². The second kappa shape index (κ2) is 11.4. The van der Waals surface area contributed by atoms with Crippen LogP contribution in [0.5, 0.6) is 0 Å². The van der Waals surface area contributed by atoms with Gasteiger partial charge in [-0.05, 0) is 42.9 Å². The Morgan fingerprint density at radius 3 is 2.34 bits per heavy atom. The molecule has 1 amide bonds. The number of unbranched alkanes of at least 4 members (excludes halogenated alkanes) is 3. The monoisotopic (exact) mass is 495 g/mol. The Hall–Kier alpha value is -0.296. The molecule has 2 unspecified atom stereocenters. The van der Waals surface area contributed by atoms with Crippen molar-refractivity contribution in [1.29, 1.82) is 0 Å². The number of anilines is 1. The van der Waals surface area contributed by atoms with E-state index in [0.717, 1.165) is 56.9 Å². The Bertz CT molecular complexity index is 760. The SMILES string of the molecule is [CH2-]CCCCCC1N(c2ccc(C(O)C3CCCCC3)cc2)C(=O)CS1(=O)=O.[Y]. The van der Waals surface area contributed by atoms with Crippen LogP contribution in [0.25, 0.3) is 0 Å². The van der Waals surface area contributed by atoms with Crippen molar-refractivity contribution in [2.45, 2.75) is 75.7 Å². The van der Waals surface area contributed by atoms with E-state index in [0.29, 0.717) is 12.1 Å². The number of carbonyl (C=O) groups excluding carboxylic acids is 1. The van der Waals surface area contributed by atoms with Gasteiger partial charge in [0.15, 0.2) is 9.84 Å². The number of hydrogen-bond donors (Lipinski definition) is 1. The minimum Gasteiger partial charge on any atom is -0.388 e. The van der Waals surface area contributed by atoms with Crippen LogP contribution < -0.4 is 4.90 Å². The number of nitrogens with zero attached hydrogens (tertiary/aromatic N) is 1. The van der Waals surface area contributed by atoms with Crippen LogP contribution in [0.2, 0.25) is 0 Å². The molecule has 1 N–H and O–H groups in total. The van der Waals surface area contributed by atoms with Crippen LogP contribution in [0.4, 0.5) is 5.69 Å². The maximum Gasteiger partial charge on any atom is 0.243 e. The van der Waals surface area contributed by atoms with Crippen LogP contribution in [0.3, 0.4) is 0 Å². The number of benzene rings is 1. The maximum atomic E-state index is 12.5. The van der Waals surface area contributed by atoms with Gasteiger partial charge in [0.1, 0.15) is 11.1 Å². The summed E-state index contributed by atoms with van der Waals surface area (Å²) in [6, 6.07) is 7.24. The number of rotatable bonds is 8. The molecule has 29 heavy (non-hydrogen) atoms. The molecule has 2 fully saturated rings. The van der Waals surface area contributed by atoms with Crippen LogP contribution in [-0.4, -0.2) is 30.6 Å². The molecule has 0 spiro atoms. The van der Waals surface area contributed by atoms with Crippen molar-refractivity contribution in [2.75, 3.05) is 10.7 Å². The van der Waals surface area contributed by atoms with E-state index in [1.165, 1.54) is 11.3 Å². The van der Waals surface area contributed by atoms with E-state index < -0.39 is 27.1 Å². The van der Waals surface area contributed by atoms with Gasteiger partial charge in [0, 0.05) is 38.4 Å². The van der Waals surface area contributed by atoms with Crippen molar-refractivity contribution in [3.05, 3.63) is 36.8 Å². The van der Waals surface area contributed by atoms with Gasteiger partial charge >= 0.3 is 0 Å². The summed E-state index contributed by atoms with van der Waals surface area (Å²) in [5.41, 5.74) is 1.45. The molecule has 159 valence electrons. The fraction of sp³-hybridized carbons (Fsp3) is 0.636. The zero-order valence-electron chi connectivity index (χ0n) is 17.1. The number of amides is 1. The van der Waals surface area contributed by atoms with E-state index >= 15 is 0 Å². The van der Waals surface area contributed by atoms with Gasteiger partial charge in [-0.25, -0.2) is 8.42 Å². The second-order valence-electron chi connectivity index (χ2n) is 8.16. The maximum absolute atomic E-state index is 12.5. The summed E-state index contributed by atoms with van der Waals surface area (Å²) in [5.74, 6) is -0.489. The van der Waals surface area contributed by atoms with E-state index in [1.807, 2.05) is 12.1 Å². The standard InChI is InChI=1S/C22H32NO4S.Y/c1-2-3-4-8-11-21-23(20(24)16-28(21,26)27)19-14-12-18(13-15-19)22(25)17-9-6-5-7-10-17;/h12-15,17,21-22,25H,1-11,16H2;/q-1;. The quantitative estimate of drug-likeness (QED) is 0.434. The molecule has 1 aromatic rings. The molecule has 1 heterocycles. The summed E-state index contributed by atoms with van der Waals surface area (Å²) >= 11 is 0. The third-order valence-electron chi connectivity index (χ3n) is 6.11. The van der Waals surface area contributed by atoms with Crippen LogP contribution in [0, 0.1) is 12.8 Å². The van der Waals surface area contributed by atoms with Crippen LogP contribution in [-0.2, 0) is 47.3 Å². The first-order chi connectivity index (χ1) is 13.4. The molecule has 1 saturated heterocycles. The van der Waals surface area contributed by atoms with Gasteiger partial charge in [0.2, 0.25) is 5.91 Å². The average molecular weight is 495 g/mol. The molecule has 3 rings (SSSR count). The van der Waals surface area contributed by atoms with Crippen molar-refractivity contribution in [1.82, 2.24) is 0 Å². The number of sulfone groups is 1. The number of aliphatic hydroxyl groups excluding tert-OH is 1. The summed E-state index contributed by atoms with van der Waals surface area (Å²) < 4.78 is 25.0. The van der Waals surface area contributed by atoms with E-state index in [1.54, 1.807) is 12.1 Å². The summed E-state index contributed by atoms with van der Waals surface area (Å²) in [5, 5.41) is 9.89. The van der Waals surface area contributed by atoms with E-state index in [-0.39, 0.29) is 44.5 Å². The largest absolute Gasteiger partial charge is 0.388 e. The van der Waals surface area contributed by atoms with Gasteiger partial charge in [-0.2, -0.15) is 6.42 Å². The Labute approximate surface area is 200 Å². The van der Waals surface area contributed by atoms with Crippen molar-refractivity contribution in [3.8, 4) is 0 Å². The summed E-state index contributed by atoms with van der Waals surface area (Å²) in [4.78, 5) is 13.9. The summed E-state index contributed by atoms with van der Waals surface area (Å²) in [6.45, 7) is 3.81. The van der Waals surface area contributed by atoms with Crippen LogP contribution in [0.1, 0.15) is 75.9 Å². The molecule has 1 aliphatic carbocycles. The van der Waals surface area contributed by atoms with Crippen molar-refractivity contribution in [2.24, 2.45) is 5.92 Å². The predicted octanol–water partition coefficient (Wildman–Crippen LogP) is 4.17. The normalized spacial score (nSPS) is 23.0. The van der Waals surface area contributed by atoms with Crippen LogP contribution in [0.15, 0.2) is 24.3 Å². The molecule has 0 bridgehead atoms. The Balaban J connectivity index is 0.00000300. The predicted molar refractivity (Wildman–Crippen MR) is 111 cm³/mol. The third-order valence-corrected chi connectivity index (χ3v) is 8.03. The molecular formula is C22H32NO4SY-. The Kier molecular flexibility index (Phi) is 9.78. The molecule has 2 atom stereocenters. The Morgan fingerprint density at radius 1 is 1.07 bits per heavy atom. The van der Waals surface area contributed by atoms with Gasteiger partial charge in [-0.3, -0.25) is 9.69 Å². The molecule has 7 heteroatoms. The van der Waals surface area contributed by atoms with Crippen molar-refractivity contribution in [3.63, 3.8) is 0 Å². The van der Waals surface area contributed by atoms with Gasteiger partial charge < -0.3 is 12.0 Å². The molecule has 1 saturated carbocycles. The van der Waals surface area contributed by atoms with E-state index in [4.69, 9.17) is 0 Å². The smallest absolute Gasteiger partial charge is 0.243 e. The van der Waals surface area contributed by atoms with Gasteiger partial charge in [0.25, 0.3) is 0 Å². The molecular weight excluding hydrogens is 463 g/mol. The number of carbonyl (C=O) groups is 1. The third kappa shape index (κ3) is 6.12. The minimum absolute atomic E-state index is 0. The number of aliphatic hydroxyl groups is 1. The fourth-order valence-electron chi connectivity index (χ4n) is 4.50. The molecule has 5 nitrogen and oxygen atoms in total. The van der Waals surface area contributed by atoms with Gasteiger partial charge in [-0.1, -0.05) is 50.7 Å². The molecule has 2 aliphatic rings. The second-order valence-corrected chi connectivity index (χ2v) is 10.3. The average Bonchev–Trinajstić information content (AvgIpc) is 2.93. The Morgan fingerprint density at radius 2 is 1.72 bits per heavy atom. The van der Waals surface area contributed by atoms with Gasteiger partial charge in [-0.15, -0.1) is 0 Å². The van der Waals surface area contributed by atoms with Crippen LogP contribution >= 0.6 is 0 Å². The fourth-order valence-corrected chi connectivity index (χ4v) is 6.27. The first kappa shape index (κ1) is 25.0. The van der Waals surface area contributed by atoms with Crippen molar-refractivity contribution < 1.29 is 51.0 Å². The zero-order chi connectivity index (χ0) is 20.1. The zero-order valence-corrected chi connectivity index (χ0v) is 20.8. The number of hydrogen-bond acceptors (Lipinski definition) is 4. The minimum atomic E-state index is -3.45. The summed E-state index contributed by atoms with van der Waals surface area (Å²) in [6.07, 6.45) is 9.11. The first-order valence-electron chi connectivity index (χ1n) is 10.5. The van der Waals surface area contributed by atoms with Crippen molar-refractivity contribution >= 4 is 21.4 Å². The first-order valence-corrected chi connectivity index (χ1v) is 12.3. The summed E-state index contributed by atoms with van der Waals surface area (Å²) in [7, 11) is -3.45. The molecule has 0 aromatic heterocycles. The molecule has 1 aromatic carbocycles.